The van der Waals surface area contributed by atoms with E-state index in [0.29, 0.717) is 25.3 Å². The molecule has 0 saturated carbocycles. The maximum Gasteiger partial charge on any atom is 0.322 e. The number of carbonyl (C=O) groups is 1. The second kappa shape index (κ2) is 8.99. The molecule has 0 aliphatic heterocycles. The highest BCUT2D eigenvalue weighted by Gasteiger charge is 2.15. The lowest BCUT2D eigenvalue weighted by Gasteiger charge is -2.23. The number of aromatic nitrogens is 1. The zero-order valence-corrected chi connectivity index (χ0v) is 15.3. The average molecular weight is 381 g/mol. The van der Waals surface area contributed by atoms with Crippen LogP contribution in [-0.4, -0.2) is 22.0 Å². The molecule has 0 radical (unpaired) electrons. The van der Waals surface area contributed by atoms with Crippen molar-refractivity contribution >= 4 is 11.7 Å². The van der Waals surface area contributed by atoms with E-state index in [1.807, 2.05) is 29.0 Å². The molecule has 0 bridgehead atoms. The minimum atomic E-state index is -0.419. The van der Waals surface area contributed by atoms with Gasteiger partial charge in [-0.3, -0.25) is 0 Å². The average Bonchev–Trinajstić information content (AvgIpc) is 3.08. The van der Waals surface area contributed by atoms with E-state index < -0.39 is 5.82 Å². The second-order valence-electron chi connectivity index (χ2n) is 6.37. The van der Waals surface area contributed by atoms with E-state index in [1.165, 1.54) is 30.3 Å². The van der Waals surface area contributed by atoms with Gasteiger partial charge in [0, 0.05) is 30.7 Å². The monoisotopic (exact) mass is 381 g/mol. The Hall–Kier alpha value is -3.41. The van der Waals surface area contributed by atoms with E-state index >= 15 is 0 Å². The summed E-state index contributed by atoms with van der Waals surface area (Å²) in [5.74, 6) is -0.703. The molecule has 3 rings (SSSR count). The summed E-state index contributed by atoms with van der Waals surface area (Å²) in [4.78, 5) is 14.2. The van der Waals surface area contributed by atoms with Crippen molar-refractivity contribution in [1.29, 1.82) is 0 Å². The molecule has 0 fully saturated rings. The number of hydrogen-bond acceptors (Lipinski definition) is 1. The largest absolute Gasteiger partial charge is 0.345 e. The van der Waals surface area contributed by atoms with Crippen molar-refractivity contribution in [3.8, 4) is 0 Å². The molecule has 1 heterocycles. The third-order valence-electron chi connectivity index (χ3n) is 4.23. The van der Waals surface area contributed by atoms with Gasteiger partial charge in [0.25, 0.3) is 0 Å². The zero-order valence-electron chi connectivity index (χ0n) is 15.3. The quantitative estimate of drug-likeness (QED) is 0.573. The van der Waals surface area contributed by atoms with E-state index in [1.54, 1.807) is 23.1 Å². The van der Waals surface area contributed by atoms with Crippen LogP contribution in [-0.2, 0) is 13.1 Å². The van der Waals surface area contributed by atoms with E-state index in [2.05, 4.69) is 11.9 Å². The number of rotatable bonds is 7. The molecule has 3 aromatic rings. The van der Waals surface area contributed by atoms with Crippen LogP contribution in [0.15, 0.2) is 79.5 Å². The Morgan fingerprint density at radius 2 is 1.82 bits per heavy atom. The number of urea groups is 1. The molecule has 1 N–H and O–H groups in total. The molecule has 144 valence electrons. The Bertz CT molecular complexity index is 968. The van der Waals surface area contributed by atoms with Gasteiger partial charge in [-0.1, -0.05) is 24.3 Å². The topological polar surface area (TPSA) is 37.3 Å². The fourth-order valence-corrected chi connectivity index (χ4v) is 2.92. The lowest BCUT2D eigenvalue weighted by molar-refractivity contribution is 0.214. The van der Waals surface area contributed by atoms with Gasteiger partial charge in [-0.2, -0.15) is 0 Å². The number of halogens is 2. The summed E-state index contributed by atoms with van der Waals surface area (Å²) in [6.07, 6.45) is 3.52. The molecular weight excluding hydrogens is 360 g/mol. The number of anilines is 1. The van der Waals surface area contributed by atoms with Crippen LogP contribution in [0.25, 0.3) is 0 Å². The molecule has 0 unspecified atom stereocenters. The molecule has 1 aromatic heterocycles. The van der Waals surface area contributed by atoms with Gasteiger partial charge < -0.3 is 14.8 Å². The maximum atomic E-state index is 13.4. The lowest BCUT2D eigenvalue weighted by Crippen LogP contribution is -2.35. The molecule has 0 spiro atoms. The first-order chi connectivity index (χ1) is 13.5. The van der Waals surface area contributed by atoms with Crippen molar-refractivity contribution in [2.75, 3.05) is 11.9 Å². The zero-order chi connectivity index (χ0) is 19.9. The van der Waals surface area contributed by atoms with Gasteiger partial charge in [0.15, 0.2) is 0 Å². The highest BCUT2D eigenvalue weighted by Crippen LogP contribution is 2.14. The van der Waals surface area contributed by atoms with Crippen LogP contribution in [0.3, 0.4) is 0 Å². The molecule has 4 nitrogen and oxygen atoms in total. The predicted molar refractivity (Wildman–Crippen MR) is 106 cm³/mol. The minimum absolute atomic E-state index is 0.283. The van der Waals surface area contributed by atoms with Crippen LogP contribution in [0.2, 0.25) is 0 Å². The number of hydrogen-bond donors (Lipinski definition) is 1. The predicted octanol–water partition coefficient (Wildman–Crippen LogP) is 5.03. The Labute approximate surface area is 162 Å². The molecule has 0 aliphatic rings. The van der Waals surface area contributed by atoms with Gasteiger partial charge in [0.05, 0.1) is 6.54 Å². The summed E-state index contributed by atoms with van der Waals surface area (Å²) in [6.45, 7) is 4.85. The SMILES string of the molecule is C=CCN(Cc1cccn1Cc1cccc(F)c1)C(=O)Nc1cccc(F)c1. The van der Waals surface area contributed by atoms with Crippen LogP contribution in [0.4, 0.5) is 19.3 Å². The number of nitrogens with one attached hydrogen (secondary N) is 1. The summed E-state index contributed by atoms with van der Waals surface area (Å²) in [5.41, 5.74) is 2.10. The summed E-state index contributed by atoms with van der Waals surface area (Å²) >= 11 is 0. The first-order valence-electron chi connectivity index (χ1n) is 8.86. The van der Waals surface area contributed by atoms with Gasteiger partial charge in [0.1, 0.15) is 11.6 Å². The summed E-state index contributed by atoms with van der Waals surface area (Å²) in [6, 6.07) is 15.6. The van der Waals surface area contributed by atoms with Crippen LogP contribution in [0, 0.1) is 11.6 Å². The van der Waals surface area contributed by atoms with Crippen molar-refractivity contribution in [3.05, 3.63) is 102 Å². The molecular formula is C22H21F2N3O. The normalized spacial score (nSPS) is 10.5. The third-order valence-corrected chi connectivity index (χ3v) is 4.23. The number of nitrogens with zero attached hydrogens (tertiary/aromatic N) is 2. The van der Waals surface area contributed by atoms with Crippen molar-refractivity contribution < 1.29 is 13.6 Å². The minimum Gasteiger partial charge on any atom is -0.345 e. The van der Waals surface area contributed by atoms with Crippen LogP contribution < -0.4 is 5.32 Å². The molecule has 6 heteroatoms. The van der Waals surface area contributed by atoms with E-state index in [-0.39, 0.29) is 11.8 Å². The Morgan fingerprint density at radius 1 is 1.07 bits per heavy atom. The van der Waals surface area contributed by atoms with Gasteiger partial charge in [-0.15, -0.1) is 6.58 Å². The molecule has 28 heavy (non-hydrogen) atoms. The van der Waals surface area contributed by atoms with Crippen molar-refractivity contribution in [3.63, 3.8) is 0 Å². The van der Waals surface area contributed by atoms with Gasteiger partial charge in [-0.05, 0) is 48.0 Å². The van der Waals surface area contributed by atoms with E-state index in [4.69, 9.17) is 0 Å². The number of amides is 2. The fourth-order valence-electron chi connectivity index (χ4n) is 2.92. The smallest absolute Gasteiger partial charge is 0.322 e. The standard InChI is InChI=1S/C22H21F2N3O/c1-2-11-27(22(28)25-20-9-4-8-19(24)14-20)16-21-10-5-12-26(21)15-17-6-3-7-18(23)13-17/h2-10,12-14H,1,11,15-16H2,(H,25,28). The molecule has 0 atom stereocenters. The third kappa shape index (κ3) is 5.07. The first-order valence-corrected chi connectivity index (χ1v) is 8.86. The van der Waals surface area contributed by atoms with Gasteiger partial charge in [-0.25, -0.2) is 13.6 Å². The highest BCUT2D eigenvalue weighted by molar-refractivity contribution is 5.89. The second-order valence-corrected chi connectivity index (χ2v) is 6.37. The van der Waals surface area contributed by atoms with Crippen LogP contribution in [0.5, 0.6) is 0 Å². The number of carbonyl (C=O) groups excluding carboxylic acids is 1. The first kappa shape index (κ1) is 19.4. The van der Waals surface area contributed by atoms with Crippen molar-refractivity contribution in [1.82, 2.24) is 9.47 Å². The highest BCUT2D eigenvalue weighted by atomic mass is 19.1. The molecule has 2 aromatic carbocycles. The summed E-state index contributed by atoms with van der Waals surface area (Å²) < 4.78 is 28.7. The van der Waals surface area contributed by atoms with E-state index in [9.17, 15) is 13.6 Å². The maximum absolute atomic E-state index is 13.4. The Balaban J connectivity index is 1.73. The number of benzene rings is 2. The lowest BCUT2D eigenvalue weighted by atomic mass is 10.2. The van der Waals surface area contributed by atoms with Gasteiger partial charge >= 0.3 is 6.03 Å². The Kier molecular flexibility index (Phi) is 6.22. The van der Waals surface area contributed by atoms with E-state index in [0.717, 1.165) is 11.3 Å². The summed E-state index contributed by atoms with van der Waals surface area (Å²) in [7, 11) is 0. The van der Waals surface area contributed by atoms with Crippen LogP contribution >= 0.6 is 0 Å². The molecule has 2 amide bonds. The Morgan fingerprint density at radius 3 is 2.54 bits per heavy atom. The molecule has 0 saturated heterocycles. The van der Waals surface area contributed by atoms with Crippen LogP contribution in [0.1, 0.15) is 11.3 Å². The van der Waals surface area contributed by atoms with Crippen molar-refractivity contribution in [2.45, 2.75) is 13.1 Å². The van der Waals surface area contributed by atoms with Gasteiger partial charge in [0.2, 0.25) is 0 Å². The molecule has 0 aliphatic carbocycles. The summed E-state index contributed by atoms with van der Waals surface area (Å²) in [5, 5.41) is 2.70. The fraction of sp³-hybridized carbons (Fsp3) is 0.136. The van der Waals surface area contributed by atoms with Crippen molar-refractivity contribution in [2.24, 2.45) is 0 Å².